The molecule has 5 nitrogen and oxygen atoms in total. The van der Waals surface area contributed by atoms with Crippen molar-refractivity contribution in [2.45, 2.75) is 24.9 Å². The number of hydrogen-bond acceptors (Lipinski definition) is 3. The minimum absolute atomic E-state index is 0.151. The molecule has 0 bridgehead atoms. The van der Waals surface area contributed by atoms with Gasteiger partial charge in [0.05, 0.1) is 21.4 Å². The average molecular weight is 503 g/mol. The van der Waals surface area contributed by atoms with Crippen LogP contribution in [0, 0.1) is 11.6 Å². The average Bonchev–Trinajstić information content (AvgIpc) is 2.80. The molecule has 4 N–H and O–H groups in total. The third-order valence-electron chi connectivity index (χ3n) is 6.54. The number of fused-ring (bicyclic) bond motifs is 1. The lowest BCUT2D eigenvalue weighted by atomic mass is 9.79. The van der Waals surface area contributed by atoms with E-state index in [2.05, 4.69) is 10.6 Å². The van der Waals surface area contributed by atoms with Crippen LogP contribution in [0.25, 0.3) is 11.1 Å². The molecule has 34 heavy (non-hydrogen) atoms. The van der Waals surface area contributed by atoms with Crippen molar-refractivity contribution in [1.82, 2.24) is 10.6 Å². The number of para-hydroxylation sites is 1. The van der Waals surface area contributed by atoms with Gasteiger partial charge >= 0.3 is 6.03 Å². The summed E-state index contributed by atoms with van der Waals surface area (Å²) in [6.07, 6.45) is 1.33. The van der Waals surface area contributed by atoms with Crippen LogP contribution in [-0.2, 0) is 12.1 Å². The number of piperidine rings is 1. The van der Waals surface area contributed by atoms with Crippen LogP contribution in [0.3, 0.4) is 0 Å². The zero-order valence-corrected chi connectivity index (χ0v) is 19.6. The molecular weight excluding hydrogens is 481 g/mol. The van der Waals surface area contributed by atoms with E-state index in [4.69, 9.17) is 28.9 Å². The monoisotopic (exact) mass is 502 g/mol. The summed E-state index contributed by atoms with van der Waals surface area (Å²) in [5.74, 6) is -1.37. The maximum absolute atomic E-state index is 15.0. The second-order valence-electron chi connectivity index (χ2n) is 8.62. The van der Waals surface area contributed by atoms with Crippen molar-refractivity contribution in [2.24, 2.45) is 5.73 Å². The van der Waals surface area contributed by atoms with Gasteiger partial charge in [0, 0.05) is 29.3 Å². The second-order valence-corrected chi connectivity index (χ2v) is 9.43. The Hall–Kier alpha value is -2.71. The van der Waals surface area contributed by atoms with E-state index < -0.39 is 23.2 Å². The lowest BCUT2D eigenvalue weighted by Gasteiger charge is -2.38. The van der Waals surface area contributed by atoms with Gasteiger partial charge in [-0.2, -0.15) is 0 Å². The van der Waals surface area contributed by atoms with Crippen molar-refractivity contribution in [2.75, 3.05) is 18.0 Å². The molecule has 1 saturated heterocycles. The molecule has 2 aliphatic rings. The minimum atomic E-state index is -0.699. The van der Waals surface area contributed by atoms with Gasteiger partial charge in [0.25, 0.3) is 0 Å². The number of nitrogens with two attached hydrogens (primary N) is 1. The van der Waals surface area contributed by atoms with Crippen LogP contribution in [0.4, 0.5) is 25.0 Å². The van der Waals surface area contributed by atoms with Gasteiger partial charge in [-0.25, -0.2) is 13.6 Å². The zero-order valence-electron chi connectivity index (χ0n) is 18.1. The number of halogens is 4. The molecule has 2 heterocycles. The molecule has 9 heteroatoms. The summed E-state index contributed by atoms with van der Waals surface area (Å²) < 4.78 is 28.7. The Kier molecular flexibility index (Phi) is 5.98. The smallest absolute Gasteiger partial charge is 0.326 e. The Morgan fingerprint density at radius 3 is 2.35 bits per heavy atom. The molecule has 0 atom stereocenters. The van der Waals surface area contributed by atoms with Gasteiger partial charge < -0.3 is 16.4 Å². The van der Waals surface area contributed by atoms with E-state index in [1.165, 1.54) is 17.0 Å². The van der Waals surface area contributed by atoms with Crippen molar-refractivity contribution in [3.8, 4) is 11.1 Å². The van der Waals surface area contributed by atoms with E-state index in [9.17, 15) is 13.6 Å². The zero-order chi connectivity index (χ0) is 24.0. The third kappa shape index (κ3) is 3.92. The summed E-state index contributed by atoms with van der Waals surface area (Å²) in [4.78, 5) is 14.5. The molecule has 0 aromatic heterocycles. The Balaban J connectivity index is 1.80. The summed E-state index contributed by atoms with van der Waals surface area (Å²) in [6, 6.07) is 11.7. The molecule has 176 valence electrons. The molecule has 3 aromatic rings. The predicted molar refractivity (Wildman–Crippen MR) is 131 cm³/mol. The number of carbonyl (C=O) groups is 1. The van der Waals surface area contributed by atoms with E-state index in [0.717, 1.165) is 24.7 Å². The number of urea groups is 1. The molecule has 0 saturated carbocycles. The molecule has 2 aliphatic heterocycles. The maximum Gasteiger partial charge on any atom is 0.326 e. The number of amides is 2. The highest BCUT2D eigenvalue weighted by Crippen LogP contribution is 2.45. The third-order valence-corrected chi connectivity index (χ3v) is 7.15. The molecule has 0 unspecified atom stereocenters. The highest BCUT2D eigenvalue weighted by molar-refractivity contribution is 6.40. The summed E-state index contributed by atoms with van der Waals surface area (Å²) in [5, 5.41) is 6.70. The van der Waals surface area contributed by atoms with E-state index in [1.807, 2.05) is 12.1 Å². The van der Waals surface area contributed by atoms with Gasteiger partial charge in [0.2, 0.25) is 0 Å². The largest absolute Gasteiger partial charge is 0.333 e. The van der Waals surface area contributed by atoms with Gasteiger partial charge in [0.15, 0.2) is 0 Å². The van der Waals surface area contributed by atoms with Crippen LogP contribution in [0.15, 0.2) is 48.5 Å². The standard InChI is InChI=1S/C25H22Cl2F2N4O/c26-19-2-1-3-20(27)23(19)33-22-11-14(25(30)6-8-31-9-7-25)10-17(18(22)13-32-24(33)34)16-5-4-15(28)12-21(16)29/h1-5,10-12,31H,6-9,13,30H2,(H,32,34). The second kappa shape index (κ2) is 8.82. The van der Waals surface area contributed by atoms with Crippen LogP contribution in [0.1, 0.15) is 24.0 Å². The van der Waals surface area contributed by atoms with Crippen molar-refractivity contribution >= 4 is 40.6 Å². The summed E-state index contributed by atoms with van der Waals surface area (Å²) in [6.45, 7) is 1.61. The molecule has 0 radical (unpaired) electrons. The summed E-state index contributed by atoms with van der Waals surface area (Å²) >= 11 is 12.9. The molecule has 0 aliphatic carbocycles. The first kappa shape index (κ1) is 23.1. The maximum atomic E-state index is 15.0. The van der Waals surface area contributed by atoms with Gasteiger partial charge in [0.1, 0.15) is 11.6 Å². The van der Waals surface area contributed by atoms with E-state index in [0.29, 0.717) is 45.4 Å². The number of hydrogen-bond donors (Lipinski definition) is 3. The normalized spacial score (nSPS) is 17.3. The fourth-order valence-corrected chi connectivity index (χ4v) is 5.28. The fourth-order valence-electron chi connectivity index (χ4n) is 4.72. The number of nitrogens with zero attached hydrogens (tertiary/aromatic N) is 1. The van der Waals surface area contributed by atoms with Crippen LogP contribution < -0.4 is 21.3 Å². The molecule has 3 aromatic carbocycles. The highest BCUT2D eigenvalue weighted by Gasteiger charge is 2.36. The number of anilines is 2. The SMILES string of the molecule is NC1(c2cc(-c3ccc(F)cc3F)c3c(c2)N(c2c(Cl)cccc2Cl)C(=O)NC3)CCNCC1. The Morgan fingerprint density at radius 1 is 0.971 bits per heavy atom. The van der Waals surface area contributed by atoms with Crippen LogP contribution >= 0.6 is 23.2 Å². The van der Waals surface area contributed by atoms with E-state index in [-0.39, 0.29) is 12.1 Å². The first-order valence-corrected chi connectivity index (χ1v) is 11.7. The van der Waals surface area contributed by atoms with Crippen molar-refractivity contribution < 1.29 is 13.6 Å². The van der Waals surface area contributed by atoms with Crippen molar-refractivity contribution in [1.29, 1.82) is 0 Å². The lowest BCUT2D eigenvalue weighted by Crippen LogP contribution is -2.47. The van der Waals surface area contributed by atoms with Gasteiger partial charge in [-0.1, -0.05) is 29.3 Å². The number of carbonyl (C=O) groups excluding carboxylic acids is 1. The number of rotatable bonds is 3. The molecular formula is C25H22Cl2F2N4O. The molecule has 2 amide bonds. The Morgan fingerprint density at radius 2 is 1.68 bits per heavy atom. The number of nitrogens with one attached hydrogen (secondary N) is 2. The van der Waals surface area contributed by atoms with Crippen molar-refractivity contribution in [3.05, 3.63) is 81.3 Å². The Labute approximate surface area is 205 Å². The van der Waals surface area contributed by atoms with E-state index >= 15 is 0 Å². The van der Waals surface area contributed by atoms with Crippen LogP contribution in [0.5, 0.6) is 0 Å². The lowest BCUT2D eigenvalue weighted by molar-refractivity contribution is 0.247. The number of benzene rings is 3. The highest BCUT2D eigenvalue weighted by atomic mass is 35.5. The Bertz CT molecular complexity index is 1270. The van der Waals surface area contributed by atoms with Crippen LogP contribution in [-0.4, -0.2) is 19.1 Å². The first-order valence-electron chi connectivity index (χ1n) is 10.9. The topological polar surface area (TPSA) is 70.4 Å². The van der Waals surface area contributed by atoms with Crippen molar-refractivity contribution in [3.63, 3.8) is 0 Å². The van der Waals surface area contributed by atoms with Gasteiger partial charge in [-0.05, 0) is 73.5 Å². The molecule has 1 fully saturated rings. The van der Waals surface area contributed by atoms with E-state index in [1.54, 1.807) is 18.2 Å². The van der Waals surface area contributed by atoms with Crippen LogP contribution in [0.2, 0.25) is 10.0 Å². The fraction of sp³-hybridized carbons (Fsp3) is 0.240. The summed E-state index contributed by atoms with van der Waals surface area (Å²) in [5.41, 5.74) is 9.15. The molecule has 0 spiro atoms. The minimum Gasteiger partial charge on any atom is -0.333 e. The quantitative estimate of drug-likeness (QED) is 0.421. The van der Waals surface area contributed by atoms with Gasteiger partial charge in [-0.15, -0.1) is 0 Å². The predicted octanol–water partition coefficient (Wildman–Crippen LogP) is 5.84. The van der Waals surface area contributed by atoms with Gasteiger partial charge in [-0.3, -0.25) is 4.90 Å². The summed E-state index contributed by atoms with van der Waals surface area (Å²) in [7, 11) is 0. The molecule has 5 rings (SSSR count). The first-order chi connectivity index (χ1) is 16.3.